The normalized spacial score (nSPS) is 9.60. The van der Waals surface area contributed by atoms with E-state index in [1.807, 2.05) is 29.8 Å². The van der Waals surface area contributed by atoms with Crippen LogP contribution in [0.25, 0.3) is 0 Å². The van der Waals surface area contributed by atoms with Gasteiger partial charge in [-0.3, -0.25) is 4.79 Å². The van der Waals surface area contributed by atoms with Crippen LogP contribution >= 0.6 is 0 Å². The average molecular weight is 204 g/mol. The first kappa shape index (κ1) is 11.4. The molecule has 0 spiro atoms. The van der Waals surface area contributed by atoms with Gasteiger partial charge in [-0.05, 0) is 25.5 Å². The van der Waals surface area contributed by atoms with Crippen LogP contribution in [0.5, 0.6) is 0 Å². The molecular formula is C12H16N2O. The molecule has 0 bridgehead atoms. The molecule has 0 fully saturated rings. The Labute approximate surface area is 90.5 Å². The Morgan fingerprint density at radius 1 is 1.67 bits per heavy atom. The molecule has 0 unspecified atom stereocenters. The summed E-state index contributed by atoms with van der Waals surface area (Å²) >= 11 is 0. The summed E-state index contributed by atoms with van der Waals surface area (Å²) < 4.78 is 1.91. The first-order chi connectivity index (χ1) is 7.29. The van der Waals surface area contributed by atoms with E-state index in [0.29, 0.717) is 18.7 Å². The molecule has 1 N–H and O–H groups in total. The molecule has 3 heteroatoms. The van der Waals surface area contributed by atoms with Crippen molar-refractivity contribution < 1.29 is 4.79 Å². The SMILES string of the molecule is C#CCCCNC(=O)c1cccn1CC. The molecule has 1 rings (SSSR count). The van der Waals surface area contributed by atoms with E-state index in [0.717, 1.165) is 13.0 Å². The largest absolute Gasteiger partial charge is 0.351 e. The fourth-order valence-electron chi connectivity index (χ4n) is 1.38. The van der Waals surface area contributed by atoms with Crippen molar-refractivity contribution in [2.24, 2.45) is 0 Å². The molecule has 1 aromatic rings. The van der Waals surface area contributed by atoms with Gasteiger partial charge in [0.05, 0.1) is 0 Å². The van der Waals surface area contributed by atoms with Crippen LogP contribution in [0.3, 0.4) is 0 Å². The van der Waals surface area contributed by atoms with Crippen LogP contribution in [0.2, 0.25) is 0 Å². The number of nitrogens with one attached hydrogen (secondary N) is 1. The minimum atomic E-state index is -0.0288. The molecule has 80 valence electrons. The number of aryl methyl sites for hydroxylation is 1. The van der Waals surface area contributed by atoms with Gasteiger partial charge in [-0.1, -0.05) is 0 Å². The van der Waals surface area contributed by atoms with Gasteiger partial charge < -0.3 is 9.88 Å². The van der Waals surface area contributed by atoms with Crippen LogP contribution in [-0.4, -0.2) is 17.0 Å². The first-order valence-corrected chi connectivity index (χ1v) is 5.16. The maximum absolute atomic E-state index is 11.7. The number of unbranched alkanes of at least 4 members (excludes halogenated alkanes) is 1. The van der Waals surface area contributed by atoms with Gasteiger partial charge >= 0.3 is 0 Å². The van der Waals surface area contributed by atoms with Gasteiger partial charge in [-0.25, -0.2) is 0 Å². The Bertz CT molecular complexity index is 360. The number of hydrogen-bond acceptors (Lipinski definition) is 1. The molecule has 0 saturated carbocycles. The summed E-state index contributed by atoms with van der Waals surface area (Å²) in [5, 5.41) is 2.84. The Balaban J connectivity index is 2.44. The Kier molecular flexibility index (Phi) is 4.49. The Hall–Kier alpha value is -1.69. The van der Waals surface area contributed by atoms with Gasteiger partial charge in [-0.2, -0.15) is 0 Å². The minimum absolute atomic E-state index is 0.0288. The van der Waals surface area contributed by atoms with Crippen LogP contribution in [0.1, 0.15) is 30.3 Å². The highest BCUT2D eigenvalue weighted by Crippen LogP contribution is 2.01. The molecule has 3 nitrogen and oxygen atoms in total. The van der Waals surface area contributed by atoms with Crippen LogP contribution < -0.4 is 5.32 Å². The summed E-state index contributed by atoms with van der Waals surface area (Å²) in [5.41, 5.74) is 0.707. The zero-order valence-electron chi connectivity index (χ0n) is 8.99. The van der Waals surface area contributed by atoms with Crippen molar-refractivity contribution in [2.75, 3.05) is 6.54 Å². The molecule has 0 aromatic carbocycles. The zero-order chi connectivity index (χ0) is 11.1. The van der Waals surface area contributed by atoms with Crippen molar-refractivity contribution in [1.29, 1.82) is 0 Å². The van der Waals surface area contributed by atoms with Gasteiger partial charge in [0, 0.05) is 25.7 Å². The van der Waals surface area contributed by atoms with Crippen LogP contribution in [0, 0.1) is 12.3 Å². The van der Waals surface area contributed by atoms with Crippen LogP contribution in [-0.2, 0) is 6.54 Å². The van der Waals surface area contributed by atoms with Crippen molar-refractivity contribution in [3.05, 3.63) is 24.0 Å². The molecule has 0 saturated heterocycles. The third-order valence-electron chi connectivity index (χ3n) is 2.19. The standard InChI is InChI=1S/C12H16N2O/c1-3-5-6-9-13-12(15)11-8-7-10-14(11)4-2/h1,7-8,10H,4-6,9H2,2H3,(H,13,15). The molecule has 0 aliphatic rings. The number of amides is 1. The summed E-state index contributed by atoms with van der Waals surface area (Å²) in [6.07, 6.45) is 8.55. The first-order valence-electron chi connectivity index (χ1n) is 5.16. The third-order valence-corrected chi connectivity index (χ3v) is 2.19. The van der Waals surface area contributed by atoms with Gasteiger partial charge in [0.25, 0.3) is 5.91 Å². The number of rotatable bonds is 5. The Morgan fingerprint density at radius 3 is 3.13 bits per heavy atom. The molecule has 0 atom stereocenters. The quantitative estimate of drug-likeness (QED) is 0.574. The molecule has 0 aliphatic heterocycles. The fraction of sp³-hybridized carbons (Fsp3) is 0.417. The van der Waals surface area contributed by atoms with Crippen LogP contribution in [0.15, 0.2) is 18.3 Å². The molecular weight excluding hydrogens is 188 g/mol. The molecule has 1 aromatic heterocycles. The van der Waals surface area contributed by atoms with Crippen molar-refractivity contribution >= 4 is 5.91 Å². The lowest BCUT2D eigenvalue weighted by atomic mass is 10.3. The summed E-state index contributed by atoms with van der Waals surface area (Å²) in [6, 6.07) is 3.69. The molecule has 0 radical (unpaired) electrons. The summed E-state index contributed by atoms with van der Waals surface area (Å²) in [6.45, 7) is 3.45. The smallest absolute Gasteiger partial charge is 0.267 e. The van der Waals surface area contributed by atoms with Crippen molar-refractivity contribution in [3.63, 3.8) is 0 Å². The second kappa shape index (κ2) is 5.92. The van der Waals surface area contributed by atoms with Gasteiger partial charge in [0.1, 0.15) is 5.69 Å². The number of terminal acetylenes is 1. The van der Waals surface area contributed by atoms with Crippen molar-refractivity contribution in [1.82, 2.24) is 9.88 Å². The highest BCUT2D eigenvalue weighted by molar-refractivity contribution is 5.92. The fourth-order valence-corrected chi connectivity index (χ4v) is 1.38. The lowest BCUT2D eigenvalue weighted by molar-refractivity contribution is 0.0944. The lowest BCUT2D eigenvalue weighted by Gasteiger charge is -2.06. The second-order valence-electron chi connectivity index (χ2n) is 3.24. The maximum Gasteiger partial charge on any atom is 0.267 e. The third kappa shape index (κ3) is 3.17. The average Bonchev–Trinajstić information content (AvgIpc) is 2.72. The number of carbonyl (C=O) groups is 1. The van der Waals surface area contributed by atoms with Gasteiger partial charge in [-0.15, -0.1) is 12.3 Å². The van der Waals surface area contributed by atoms with E-state index in [2.05, 4.69) is 11.2 Å². The second-order valence-corrected chi connectivity index (χ2v) is 3.24. The summed E-state index contributed by atoms with van der Waals surface area (Å²) in [7, 11) is 0. The van der Waals surface area contributed by atoms with E-state index in [1.54, 1.807) is 0 Å². The van der Waals surface area contributed by atoms with Crippen molar-refractivity contribution in [2.45, 2.75) is 26.3 Å². The van der Waals surface area contributed by atoms with E-state index in [4.69, 9.17) is 6.42 Å². The molecule has 1 heterocycles. The highest BCUT2D eigenvalue weighted by atomic mass is 16.1. The van der Waals surface area contributed by atoms with E-state index < -0.39 is 0 Å². The maximum atomic E-state index is 11.7. The lowest BCUT2D eigenvalue weighted by Crippen LogP contribution is -2.26. The van der Waals surface area contributed by atoms with Gasteiger partial charge in [0.15, 0.2) is 0 Å². The molecule has 1 amide bonds. The number of carbonyl (C=O) groups excluding carboxylic acids is 1. The number of aromatic nitrogens is 1. The van der Waals surface area contributed by atoms with Crippen molar-refractivity contribution in [3.8, 4) is 12.3 Å². The highest BCUT2D eigenvalue weighted by Gasteiger charge is 2.08. The minimum Gasteiger partial charge on any atom is -0.351 e. The topological polar surface area (TPSA) is 34.0 Å². The summed E-state index contributed by atoms with van der Waals surface area (Å²) in [5.74, 6) is 2.51. The van der Waals surface area contributed by atoms with E-state index in [9.17, 15) is 4.79 Å². The predicted octanol–water partition coefficient (Wildman–Crippen LogP) is 1.65. The number of nitrogens with zero attached hydrogens (tertiary/aromatic N) is 1. The van der Waals surface area contributed by atoms with E-state index >= 15 is 0 Å². The summed E-state index contributed by atoms with van der Waals surface area (Å²) in [4.78, 5) is 11.7. The molecule has 15 heavy (non-hydrogen) atoms. The van der Waals surface area contributed by atoms with E-state index in [-0.39, 0.29) is 5.91 Å². The predicted molar refractivity (Wildman–Crippen MR) is 60.5 cm³/mol. The number of hydrogen-bond donors (Lipinski definition) is 1. The molecule has 0 aliphatic carbocycles. The van der Waals surface area contributed by atoms with Crippen LogP contribution in [0.4, 0.5) is 0 Å². The van der Waals surface area contributed by atoms with E-state index in [1.165, 1.54) is 0 Å². The zero-order valence-corrected chi connectivity index (χ0v) is 8.99. The Morgan fingerprint density at radius 2 is 2.47 bits per heavy atom. The monoisotopic (exact) mass is 204 g/mol. The van der Waals surface area contributed by atoms with Gasteiger partial charge in [0.2, 0.25) is 0 Å².